The molecule has 1 aliphatic rings. The summed E-state index contributed by atoms with van der Waals surface area (Å²) in [6.45, 7) is -2.98. The van der Waals surface area contributed by atoms with Crippen LogP contribution in [0.3, 0.4) is 0 Å². The molecule has 0 spiro atoms. The summed E-state index contributed by atoms with van der Waals surface area (Å²) >= 11 is 0. The minimum Gasteiger partial charge on any atom is -0.365 e. The van der Waals surface area contributed by atoms with Crippen molar-refractivity contribution in [2.45, 2.75) is 25.0 Å². The van der Waals surface area contributed by atoms with E-state index in [2.05, 4.69) is 19.8 Å². The Balaban J connectivity index is 1.60. The van der Waals surface area contributed by atoms with Crippen LogP contribution in [-0.4, -0.2) is 73.1 Å². The molecule has 0 bridgehead atoms. The van der Waals surface area contributed by atoms with Crippen molar-refractivity contribution >= 4 is 22.5 Å². The number of imidazole rings is 1. The molecule has 1 atom stereocenters. The Morgan fingerprint density at radius 3 is 2.54 bits per heavy atom. The van der Waals surface area contributed by atoms with Crippen LogP contribution in [0.5, 0.6) is 0 Å². The zero-order valence-electron chi connectivity index (χ0n) is 18.3. The highest BCUT2D eigenvalue weighted by atomic mass is 19.4. The van der Waals surface area contributed by atoms with Gasteiger partial charge in [0.25, 0.3) is 5.91 Å². The molecule has 196 valence electrons. The largest absolute Gasteiger partial charge is 0.416 e. The second-order valence-corrected chi connectivity index (χ2v) is 8.20. The summed E-state index contributed by atoms with van der Waals surface area (Å²) < 4.78 is 113. The normalized spacial score (nSPS) is 17.2. The fourth-order valence-electron chi connectivity index (χ4n) is 4.05. The van der Waals surface area contributed by atoms with E-state index in [4.69, 9.17) is 0 Å². The highest BCUT2D eigenvalue weighted by Crippen LogP contribution is 2.32. The first-order valence-electron chi connectivity index (χ1n) is 10.6. The third kappa shape index (κ3) is 4.68. The molecule has 1 aliphatic heterocycles. The number of fused-ring (bicyclic) bond motifs is 2. The minimum atomic E-state index is -4.74. The number of ether oxygens (including phenoxy) is 1. The van der Waals surface area contributed by atoms with Crippen LogP contribution in [0, 0.1) is 11.6 Å². The second-order valence-electron chi connectivity index (χ2n) is 8.20. The van der Waals surface area contributed by atoms with Crippen molar-refractivity contribution in [1.82, 2.24) is 29.0 Å². The molecule has 0 aromatic carbocycles. The van der Waals surface area contributed by atoms with Crippen LogP contribution in [0.1, 0.15) is 10.5 Å². The van der Waals surface area contributed by atoms with E-state index in [0.717, 1.165) is 34.0 Å². The molecule has 0 aliphatic carbocycles. The van der Waals surface area contributed by atoms with Crippen LogP contribution in [0.15, 0.2) is 30.7 Å². The predicted octanol–water partition coefficient (Wildman–Crippen LogP) is 3.99. The molecule has 5 heterocycles. The zero-order valence-corrected chi connectivity index (χ0v) is 18.3. The molecule has 16 heteroatoms. The summed E-state index contributed by atoms with van der Waals surface area (Å²) in [6, 6.07) is 1.56. The van der Waals surface area contributed by atoms with Gasteiger partial charge in [-0.05, 0) is 6.07 Å². The lowest BCUT2D eigenvalue weighted by Crippen LogP contribution is -2.51. The van der Waals surface area contributed by atoms with E-state index in [1.807, 2.05) is 0 Å². The monoisotopic (exact) mass is 534 g/mol. The van der Waals surface area contributed by atoms with Crippen molar-refractivity contribution in [2.75, 3.05) is 19.7 Å². The maximum Gasteiger partial charge on any atom is 0.416 e. The first kappa shape index (κ1) is 24.9. The van der Waals surface area contributed by atoms with E-state index >= 15 is 0 Å². The number of nitrogens with zero attached hydrogens (tertiary/aromatic N) is 6. The molecule has 1 unspecified atom stereocenters. The summed E-state index contributed by atoms with van der Waals surface area (Å²) in [4.78, 5) is 21.5. The molecule has 8 nitrogen and oxygen atoms in total. The fourth-order valence-corrected chi connectivity index (χ4v) is 4.05. The van der Waals surface area contributed by atoms with Gasteiger partial charge in [-0.25, -0.2) is 13.8 Å². The molecule has 0 radical (unpaired) electrons. The third-order valence-corrected chi connectivity index (χ3v) is 5.67. The number of halogens is 8. The van der Waals surface area contributed by atoms with E-state index in [1.54, 1.807) is 0 Å². The Labute approximate surface area is 201 Å². The van der Waals surface area contributed by atoms with Gasteiger partial charge in [0.1, 0.15) is 23.7 Å². The first-order chi connectivity index (χ1) is 17.3. The molecule has 5 rings (SSSR count). The van der Waals surface area contributed by atoms with Gasteiger partial charge in [-0.1, -0.05) is 0 Å². The van der Waals surface area contributed by atoms with Crippen LogP contribution in [-0.2, 0) is 11.3 Å². The lowest BCUT2D eigenvalue weighted by Gasteiger charge is -2.33. The average molecular weight is 534 g/mol. The van der Waals surface area contributed by atoms with Gasteiger partial charge in [0, 0.05) is 30.4 Å². The summed E-state index contributed by atoms with van der Waals surface area (Å²) in [5, 5.41) is 3.93. The molecule has 1 fully saturated rings. The molecule has 4 aromatic rings. The fraction of sp³-hybridized carbons (Fsp3) is 0.333. The Hall–Kier alpha value is -3.82. The van der Waals surface area contributed by atoms with Gasteiger partial charge >= 0.3 is 12.4 Å². The van der Waals surface area contributed by atoms with Gasteiger partial charge in [0.15, 0.2) is 17.6 Å². The van der Waals surface area contributed by atoms with Crippen molar-refractivity contribution in [1.29, 1.82) is 0 Å². The standard InChI is InChI=1S/C21H14F8N6O2/c22-10-3-12(23)18-31-6-15(34(18)7-10)17-11-5-30-13(4-14(11)35(32-17)9-20(24,25)26)19(36)33-1-2-37-16(8-33)21(27,28)29/h3-7,16H,1-2,8-9H2. The van der Waals surface area contributed by atoms with Gasteiger partial charge in [0.2, 0.25) is 0 Å². The van der Waals surface area contributed by atoms with Crippen molar-refractivity contribution < 1.29 is 44.7 Å². The average Bonchev–Trinajstić information content (AvgIpc) is 3.38. The third-order valence-electron chi connectivity index (χ3n) is 5.67. The summed E-state index contributed by atoms with van der Waals surface area (Å²) in [5.74, 6) is -2.93. The number of aromatic nitrogens is 5. The van der Waals surface area contributed by atoms with Crippen LogP contribution in [0.2, 0.25) is 0 Å². The summed E-state index contributed by atoms with van der Waals surface area (Å²) in [5.41, 5.74) is -1.16. The molecular weight excluding hydrogens is 520 g/mol. The summed E-state index contributed by atoms with van der Waals surface area (Å²) in [7, 11) is 0. The lowest BCUT2D eigenvalue weighted by molar-refractivity contribution is -0.233. The van der Waals surface area contributed by atoms with Crippen molar-refractivity contribution in [3.05, 3.63) is 48.1 Å². The Kier molecular flexibility index (Phi) is 5.80. The SMILES string of the molecule is O=C(c1cc2c(cn1)c(-c1cnc3c(F)cc(F)cn13)nn2CC(F)(F)F)N1CCOC(C(F)(F)F)C1. The van der Waals surface area contributed by atoms with Crippen LogP contribution < -0.4 is 0 Å². The number of alkyl halides is 6. The molecule has 1 amide bonds. The number of amides is 1. The molecule has 0 N–H and O–H groups in total. The van der Waals surface area contributed by atoms with Gasteiger partial charge < -0.3 is 9.64 Å². The van der Waals surface area contributed by atoms with Crippen LogP contribution in [0.25, 0.3) is 27.9 Å². The number of rotatable bonds is 3. The number of carbonyl (C=O) groups is 1. The van der Waals surface area contributed by atoms with Gasteiger partial charge in [-0.3, -0.25) is 18.9 Å². The maximum atomic E-state index is 14.1. The number of pyridine rings is 2. The van der Waals surface area contributed by atoms with Crippen molar-refractivity contribution in [2.24, 2.45) is 0 Å². The van der Waals surface area contributed by atoms with E-state index in [9.17, 15) is 39.9 Å². The number of hydrogen-bond acceptors (Lipinski definition) is 5. The Morgan fingerprint density at radius 2 is 1.84 bits per heavy atom. The van der Waals surface area contributed by atoms with E-state index < -0.39 is 61.4 Å². The van der Waals surface area contributed by atoms with E-state index in [1.165, 1.54) is 0 Å². The van der Waals surface area contributed by atoms with E-state index in [-0.39, 0.29) is 34.5 Å². The van der Waals surface area contributed by atoms with Crippen LogP contribution in [0.4, 0.5) is 35.1 Å². The van der Waals surface area contributed by atoms with Crippen LogP contribution >= 0.6 is 0 Å². The molecule has 37 heavy (non-hydrogen) atoms. The molecule has 4 aromatic heterocycles. The number of carbonyl (C=O) groups excluding carboxylic acids is 1. The molecule has 0 saturated carbocycles. The second kappa shape index (κ2) is 8.64. The Bertz CT molecular complexity index is 1510. The van der Waals surface area contributed by atoms with E-state index in [0.29, 0.717) is 10.7 Å². The highest BCUT2D eigenvalue weighted by Gasteiger charge is 2.44. The molecule has 1 saturated heterocycles. The van der Waals surface area contributed by atoms with Gasteiger partial charge in [-0.2, -0.15) is 31.4 Å². The molecular formula is C21H14F8N6O2. The van der Waals surface area contributed by atoms with Crippen molar-refractivity contribution in [3.63, 3.8) is 0 Å². The number of hydrogen-bond donors (Lipinski definition) is 0. The van der Waals surface area contributed by atoms with Gasteiger partial charge in [0.05, 0.1) is 30.6 Å². The first-order valence-corrected chi connectivity index (χ1v) is 10.6. The smallest absolute Gasteiger partial charge is 0.365 e. The predicted molar refractivity (Wildman–Crippen MR) is 109 cm³/mol. The quantitative estimate of drug-likeness (QED) is 0.372. The number of morpholine rings is 1. The Morgan fingerprint density at radius 1 is 1.08 bits per heavy atom. The maximum absolute atomic E-state index is 14.1. The minimum absolute atomic E-state index is 0.0117. The topological polar surface area (TPSA) is 77.6 Å². The van der Waals surface area contributed by atoms with Gasteiger partial charge in [-0.15, -0.1) is 0 Å². The lowest BCUT2D eigenvalue weighted by atomic mass is 10.2. The van der Waals surface area contributed by atoms with Crippen molar-refractivity contribution in [3.8, 4) is 11.4 Å². The zero-order chi connectivity index (χ0) is 26.7. The highest BCUT2D eigenvalue weighted by molar-refractivity contribution is 5.99. The summed E-state index contributed by atoms with van der Waals surface area (Å²) in [6.07, 6.45) is -8.70.